The van der Waals surface area contributed by atoms with E-state index in [0.29, 0.717) is 11.2 Å². The molecule has 0 bridgehead atoms. The van der Waals surface area contributed by atoms with E-state index in [2.05, 4.69) is 26.6 Å². The van der Waals surface area contributed by atoms with Gasteiger partial charge >= 0.3 is 12.1 Å². The summed E-state index contributed by atoms with van der Waals surface area (Å²) in [5.74, 6) is 0.394. The van der Waals surface area contributed by atoms with Crippen molar-refractivity contribution in [2.24, 2.45) is 0 Å². The monoisotopic (exact) mass is 342 g/mol. The SMILES string of the molecule is CCCSCc1cn2ccc(-c3noc(C(F)(F)F)n3)cc2n1. The summed E-state index contributed by atoms with van der Waals surface area (Å²) in [6.45, 7) is 2.11. The minimum atomic E-state index is -4.65. The number of fused-ring (bicyclic) bond motifs is 1. The summed E-state index contributed by atoms with van der Waals surface area (Å²) in [4.78, 5) is 7.84. The summed E-state index contributed by atoms with van der Waals surface area (Å²) >= 11 is 1.79. The van der Waals surface area contributed by atoms with Gasteiger partial charge in [-0.1, -0.05) is 12.1 Å². The zero-order chi connectivity index (χ0) is 16.4. The zero-order valence-electron chi connectivity index (χ0n) is 12.2. The lowest BCUT2D eigenvalue weighted by atomic mass is 10.2. The van der Waals surface area contributed by atoms with Crippen LogP contribution in [0.1, 0.15) is 24.9 Å². The van der Waals surface area contributed by atoms with Crippen molar-refractivity contribution in [2.75, 3.05) is 5.75 Å². The molecule has 0 fully saturated rings. The fourth-order valence-corrected chi connectivity index (χ4v) is 2.80. The third-order valence-corrected chi connectivity index (χ3v) is 4.23. The van der Waals surface area contributed by atoms with Gasteiger partial charge in [-0.15, -0.1) is 0 Å². The second kappa shape index (κ2) is 6.23. The molecule has 3 rings (SSSR count). The van der Waals surface area contributed by atoms with Gasteiger partial charge in [0.25, 0.3) is 0 Å². The molecule has 0 spiro atoms. The van der Waals surface area contributed by atoms with Crippen LogP contribution in [-0.4, -0.2) is 25.3 Å². The fraction of sp³-hybridized carbons (Fsp3) is 0.357. The van der Waals surface area contributed by atoms with Crippen LogP contribution >= 0.6 is 11.8 Å². The number of imidazole rings is 1. The first kappa shape index (κ1) is 15.9. The van der Waals surface area contributed by atoms with E-state index in [1.54, 1.807) is 30.1 Å². The van der Waals surface area contributed by atoms with Crippen molar-refractivity contribution in [3.63, 3.8) is 0 Å². The molecule has 3 heterocycles. The van der Waals surface area contributed by atoms with Gasteiger partial charge in [-0.05, 0) is 24.3 Å². The predicted octanol–water partition coefficient (Wildman–Crippen LogP) is 4.05. The first-order chi connectivity index (χ1) is 11.0. The van der Waals surface area contributed by atoms with Crippen LogP contribution in [0.4, 0.5) is 13.2 Å². The van der Waals surface area contributed by atoms with Gasteiger partial charge in [0.15, 0.2) is 0 Å². The molecule has 0 saturated heterocycles. The van der Waals surface area contributed by atoms with E-state index in [1.165, 1.54) is 0 Å². The number of thioether (sulfide) groups is 1. The summed E-state index contributed by atoms with van der Waals surface area (Å²) in [7, 11) is 0. The molecule has 3 aromatic rings. The Kier molecular flexibility index (Phi) is 4.29. The highest BCUT2D eigenvalue weighted by atomic mass is 32.2. The summed E-state index contributed by atoms with van der Waals surface area (Å²) in [6.07, 6.45) is 0.0717. The van der Waals surface area contributed by atoms with Gasteiger partial charge in [0, 0.05) is 23.7 Å². The lowest BCUT2D eigenvalue weighted by Gasteiger charge is -1.97. The maximum absolute atomic E-state index is 12.5. The van der Waals surface area contributed by atoms with E-state index in [0.717, 1.165) is 23.6 Å². The average molecular weight is 342 g/mol. The first-order valence-corrected chi connectivity index (χ1v) is 8.09. The molecule has 23 heavy (non-hydrogen) atoms. The molecular weight excluding hydrogens is 329 g/mol. The number of halogens is 3. The third-order valence-electron chi connectivity index (χ3n) is 3.04. The van der Waals surface area contributed by atoms with E-state index in [4.69, 9.17) is 0 Å². The van der Waals surface area contributed by atoms with Gasteiger partial charge in [-0.3, -0.25) is 0 Å². The van der Waals surface area contributed by atoms with E-state index in [1.807, 2.05) is 10.6 Å². The minimum Gasteiger partial charge on any atom is -0.329 e. The van der Waals surface area contributed by atoms with Crippen LogP contribution in [-0.2, 0) is 11.9 Å². The van der Waals surface area contributed by atoms with Gasteiger partial charge in [0.2, 0.25) is 5.82 Å². The maximum atomic E-state index is 12.5. The van der Waals surface area contributed by atoms with Gasteiger partial charge in [-0.2, -0.15) is 29.9 Å². The number of aromatic nitrogens is 4. The van der Waals surface area contributed by atoms with E-state index < -0.39 is 12.1 Å². The Morgan fingerprint density at radius 2 is 2.13 bits per heavy atom. The van der Waals surface area contributed by atoms with Crippen molar-refractivity contribution in [3.05, 3.63) is 36.1 Å². The van der Waals surface area contributed by atoms with E-state index in [9.17, 15) is 13.2 Å². The smallest absolute Gasteiger partial charge is 0.329 e. The highest BCUT2D eigenvalue weighted by molar-refractivity contribution is 7.98. The third kappa shape index (κ3) is 3.49. The second-order valence-electron chi connectivity index (χ2n) is 4.89. The molecule has 0 atom stereocenters. The van der Waals surface area contributed by atoms with Crippen molar-refractivity contribution in [1.82, 2.24) is 19.5 Å². The van der Waals surface area contributed by atoms with Crippen LogP contribution in [0.5, 0.6) is 0 Å². The summed E-state index contributed by atoms with van der Waals surface area (Å²) in [5, 5.41) is 3.38. The molecule has 3 aromatic heterocycles. The number of nitrogens with zero attached hydrogens (tertiary/aromatic N) is 4. The van der Waals surface area contributed by atoms with Crippen LogP contribution in [0.3, 0.4) is 0 Å². The van der Waals surface area contributed by atoms with Crippen molar-refractivity contribution in [1.29, 1.82) is 0 Å². The van der Waals surface area contributed by atoms with Crippen LogP contribution < -0.4 is 0 Å². The lowest BCUT2D eigenvalue weighted by Crippen LogP contribution is -2.04. The summed E-state index contributed by atoms with van der Waals surface area (Å²) in [5.41, 5.74) is 1.98. The van der Waals surface area contributed by atoms with Gasteiger partial charge in [0.05, 0.1) is 5.69 Å². The van der Waals surface area contributed by atoms with Crippen LogP contribution in [0.25, 0.3) is 17.0 Å². The molecule has 122 valence electrons. The Bertz CT molecular complexity index is 812. The normalized spacial score (nSPS) is 12.2. The van der Waals surface area contributed by atoms with Gasteiger partial charge in [-0.25, -0.2) is 4.98 Å². The summed E-state index contributed by atoms with van der Waals surface area (Å²) < 4.78 is 43.6. The largest absolute Gasteiger partial charge is 0.471 e. The van der Waals surface area contributed by atoms with Crippen molar-refractivity contribution < 1.29 is 17.7 Å². The molecule has 0 aromatic carbocycles. The van der Waals surface area contributed by atoms with Crippen molar-refractivity contribution in [2.45, 2.75) is 25.3 Å². The fourth-order valence-electron chi connectivity index (χ4n) is 2.02. The molecule has 0 aliphatic carbocycles. The average Bonchev–Trinajstić information content (AvgIpc) is 3.12. The number of hydrogen-bond donors (Lipinski definition) is 0. The first-order valence-electron chi connectivity index (χ1n) is 6.94. The van der Waals surface area contributed by atoms with Crippen LogP contribution in [0, 0.1) is 0 Å². The molecule has 0 radical (unpaired) electrons. The number of rotatable bonds is 5. The molecular formula is C14H13F3N4OS. The highest BCUT2D eigenvalue weighted by Gasteiger charge is 2.38. The Morgan fingerprint density at radius 3 is 2.83 bits per heavy atom. The molecule has 0 aliphatic rings. The molecule has 0 N–H and O–H groups in total. The minimum absolute atomic E-state index is 0.107. The van der Waals surface area contributed by atoms with Crippen molar-refractivity contribution in [3.8, 4) is 11.4 Å². The molecule has 0 saturated carbocycles. The second-order valence-corrected chi connectivity index (χ2v) is 5.99. The van der Waals surface area contributed by atoms with E-state index in [-0.39, 0.29) is 5.82 Å². The van der Waals surface area contributed by atoms with E-state index >= 15 is 0 Å². The lowest BCUT2D eigenvalue weighted by molar-refractivity contribution is -0.159. The Balaban J connectivity index is 1.86. The molecule has 0 amide bonds. The molecule has 0 aliphatic heterocycles. The predicted molar refractivity (Wildman–Crippen MR) is 79.9 cm³/mol. The maximum Gasteiger partial charge on any atom is 0.471 e. The Hall–Kier alpha value is -2.03. The number of hydrogen-bond acceptors (Lipinski definition) is 5. The number of pyridine rings is 1. The quantitative estimate of drug-likeness (QED) is 0.655. The number of alkyl halides is 3. The molecule has 0 unspecified atom stereocenters. The topological polar surface area (TPSA) is 56.2 Å². The standard InChI is InChI=1S/C14H13F3N4OS/c1-2-5-23-8-10-7-21-4-3-9(6-11(21)18-10)12-19-13(22-20-12)14(15,16)17/h3-4,6-7H,2,5,8H2,1H3. The van der Waals surface area contributed by atoms with Gasteiger partial charge in [0.1, 0.15) is 5.65 Å². The van der Waals surface area contributed by atoms with Crippen LogP contribution in [0.15, 0.2) is 29.0 Å². The Labute approximate surface area is 133 Å². The highest BCUT2D eigenvalue weighted by Crippen LogP contribution is 2.29. The molecule has 5 nitrogen and oxygen atoms in total. The van der Waals surface area contributed by atoms with Crippen molar-refractivity contribution >= 4 is 17.4 Å². The zero-order valence-corrected chi connectivity index (χ0v) is 13.0. The Morgan fingerprint density at radius 1 is 1.30 bits per heavy atom. The van der Waals surface area contributed by atoms with Gasteiger partial charge < -0.3 is 8.92 Å². The van der Waals surface area contributed by atoms with Crippen LogP contribution in [0.2, 0.25) is 0 Å². The molecule has 9 heteroatoms. The summed E-state index contributed by atoms with van der Waals surface area (Å²) in [6, 6.07) is 3.27.